The van der Waals surface area contributed by atoms with Gasteiger partial charge in [-0.2, -0.15) is 5.06 Å². The van der Waals surface area contributed by atoms with Gasteiger partial charge in [-0.25, -0.2) is 4.79 Å². The molecule has 0 aliphatic carbocycles. The van der Waals surface area contributed by atoms with Gasteiger partial charge in [0.15, 0.2) is 0 Å². The van der Waals surface area contributed by atoms with Gasteiger partial charge in [0.05, 0.1) is 24.7 Å². The lowest BCUT2D eigenvalue weighted by Gasteiger charge is -2.20. The van der Waals surface area contributed by atoms with Crippen molar-refractivity contribution in [1.29, 1.82) is 0 Å². The molecule has 1 aliphatic rings. The number of rotatable bonds is 4. The van der Waals surface area contributed by atoms with Crippen LogP contribution < -0.4 is 4.74 Å². The first-order valence-electron chi connectivity index (χ1n) is 8.03. The molecule has 1 amide bonds. The number of hydrogen-bond donors (Lipinski definition) is 0. The Morgan fingerprint density at radius 2 is 1.88 bits per heavy atom. The van der Waals surface area contributed by atoms with Crippen molar-refractivity contribution in [1.82, 2.24) is 9.63 Å². The molecule has 1 aliphatic heterocycles. The Balaban J connectivity index is 1.62. The average molecular weight is 462 g/mol. The minimum absolute atomic E-state index is 0.00187. The molecule has 6 nitrogen and oxygen atoms in total. The van der Waals surface area contributed by atoms with Gasteiger partial charge in [0, 0.05) is 8.96 Å². The molecule has 0 N–H and O–H groups in total. The van der Waals surface area contributed by atoms with Gasteiger partial charge in [-0.3, -0.25) is 14.2 Å². The number of carbonyl (C=O) groups excluding carboxylic acids is 2. The molecule has 132 valence electrons. The molecule has 1 unspecified atom stereocenters. The maximum atomic E-state index is 12.7. The fourth-order valence-electron chi connectivity index (χ4n) is 3.21. The highest BCUT2D eigenvalue weighted by atomic mass is 127. The molecule has 0 spiro atoms. The van der Waals surface area contributed by atoms with Crippen LogP contribution in [0.2, 0.25) is 0 Å². The molecule has 3 aromatic rings. The van der Waals surface area contributed by atoms with Crippen LogP contribution in [0.1, 0.15) is 18.2 Å². The Morgan fingerprint density at radius 3 is 2.62 bits per heavy atom. The van der Waals surface area contributed by atoms with Crippen molar-refractivity contribution in [2.75, 3.05) is 7.11 Å². The van der Waals surface area contributed by atoms with Crippen molar-refractivity contribution in [2.45, 2.75) is 12.5 Å². The Kier molecular flexibility index (Phi) is 4.41. The Morgan fingerprint density at radius 1 is 1.15 bits per heavy atom. The maximum Gasteiger partial charge on any atom is 0.353 e. The standard InChI is InChI=1S/C19H15IN2O4/c1-25-22-17(11-18(23)26-14-8-6-13(20)7-9-14)16-10-12-4-2-3-5-15(12)21(16)19(22)24/h2-10,17H,11H2,1H3. The van der Waals surface area contributed by atoms with E-state index in [1.165, 1.54) is 12.2 Å². The van der Waals surface area contributed by atoms with E-state index in [-0.39, 0.29) is 12.5 Å². The van der Waals surface area contributed by atoms with Gasteiger partial charge in [-0.05, 0) is 59.0 Å². The first-order valence-corrected chi connectivity index (χ1v) is 9.10. The molecule has 26 heavy (non-hydrogen) atoms. The Labute approximate surface area is 163 Å². The number of hydrogen-bond acceptors (Lipinski definition) is 4. The normalized spacial score (nSPS) is 16.2. The van der Waals surface area contributed by atoms with Crippen LogP contribution in [0.15, 0.2) is 54.6 Å². The van der Waals surface area contributed by atoms with Gasteiger partial charge in [0.25, 0.3) is 0 Å². The number of nitrogens with zero attached hydrogens (tertiary/aromatic N) is 2. The van der Waals surface area contributed by atoms with Gasteiger partial charge in [-0.15, -0.1) is 0 Å². The van der Waals surface area contributed by atoms with Crippen LogP contribution in [0, 0.1) is 3.57 Å². The number of para-hydroxylation sites is 1. The lowest BCUT2D eigenvalue weighted by atomic mass is 10.1. The summed E-state index contributed by atoms with van der Waals surface area (Å²) in [6.45, 7) is 0. The highest BCUT2D eigenvalue weighted by Crippen LogP contribution is 2.37. The lowest BCUT2D eigenvalue weighted by Crippen LogP contribution is -2.30. The first kappa shape index (κ1) is 17.0. The topological polar surface area (TPSA) is 60.8 Å². The highest BCUT2D eigenvalue weighted by molar-refractivity contribution is 14.1. The fraction of sp³-hybridized carbons (Fsp3) is 0.158. The van der Waals surface area contributed by atoms with Gasteiger partial charge in [0.1, 0.15) is 11.8 Å². The van der Waals surface area contributed by atoms with Crippen LogP contribution in [0.4, 0.5) is 4.79 Å². The molecule has 0 radical (unpaired) electrons. The minimum Gasteiger partial charge on any atom is -0.426 e. The second-order valence-electron chi connectivity index (χ2n) is 5.90. The third-order valence-electron chi connectivity index (χ3n) is 4.35. The molecule has 2 heterocycles. The minimum atomic E-state index is -0.531. The van der Waals surface area contributed by atoms with Crippen molar-refractivity contribution in [3.8, 4) is 5.75 Å². The lowest BCUT2D eigenvalue weighted by molar-refractivity contribution is -0.143. The Bertz CT molecular complexity index is 996. The number of benzene rings is 2. The summed E-state index contributed by atoms with van der Waals surface area (Å²) in [6, 6.07) is 15.9. The van der Waals surface area contributed by atoms with E-state index in [0.29, 0.717) is 5.75 Å². The van der Waals surface area contributed by atoms with E-state index in [0.717, 1.165) is 20.2 Å². The number of halogens is 1. The number of esters is 1. The van der Waals surface area contributed by atoms with Gasteiger partial charge in [-0.1, -0.05) is 18.2 Å². The second kappa shape index (κ2) is 6.73. The summed E-state index contributed by atoms with van der Waals surface area (Å²) in [5.74, 6) is 0.0500. The number of carbonyl (C=O) groups is 2. The molecule has 7 heteroatoms. The largest absolute Gasteiger partial charge is 0.426 e. The predicted octanol–water partition coefficient (Wildman–Crippen LogP) is 4.13. The van der Waals surface area contributed by atoms with Crippen LogP contribution in [0.25, 0.3) is 10.9 Å². The molecular weight excluding hydrogens is 447 g/mol. The quantitative estimate of drug-likeness (QED) is 0.333. The van der Waals surface area contributed by atoms with Crippen LogP contribution >= 0.6 is 22.6 Å². The van der Waals surface area contributed by atoms with Gasteiger partial charge in [0.2, 0.25) is 0 Å². The van der Waals surface area contributed by atoms with E-state index in [1.54, 1.807) is 16.7 Å². The summed E-state index contributed by atoms with van der Waals surface area (Å²) in [5.41, 5.74) is 1.51. The summed E-state index contributed by atoms with van der Waals surface area (Å²) in [6.07, 6.45) is 0.00187. The van der Waals surface area contributed by atoms with Crippen molar-refractivity contribution in [2.24, 2.45) is 0 Å². The molecule has 1 atom stereocenters. The van der Waals surface area contributed by atoms with Crippen molar-refractivity contribution >= 4 is 45.5 Å². The zero-order valence-electron chi connectivity index (χ0n) is 13.9. The third kappa shape index (κ3) is 2.86. The Hall–Kier alpha value is -2.39. The number of ether oxygens (including phenoxy) is 1. The number of amides is 1. The van der Waals surface area contributed by atoms with Crippen LogP contribution in [-0.2, 0) is 9.63 Å². The van der Waals surface area contributed by atoms with E-state index < -0.39 is 12.0 Å². The summed E-state index contributed by atoms with van der Waals surface area (Å²) >= 11 is 2.18. The van der Waals surface area contributed by atoms with E-state index >= 15 is 0 Å². The van der Waals surface area contributed by atoms with E-state index in [1.807, 2.05) is 42.5 Å². The van der Waals surface area contributed by atoms with E-state index in [4.69, 9.17) is 9.57 Å². The first-order chi connectivity index (χ1) is 12.6. The molecule has 0 saturated heterocycles. The van der Waals surface area contributed by atoms with E-state index in [2.05, 4.69) is 22.6 Å². The van der Waals surface area contributed by atoms with Crippen LogP contribution in [0.5, 0.6) is 5.75 Å². The molecule has 4 rings (SSSR count). The summed E-state index contributed by atoms with van der Waals surface area (Å²) in [4.78, 5) is 30.4. The van der Waals surface area contributed by atoms with Crippen molar-refractivity contribution in [3.63, 3.8) is 0 Å². The monoisotopic (exact) mass is 462 g/mol. The maximum absolute atomic E-state index is 12.7. The second-order valence-corrected chi connectivity index (χ2v) is 7.15. The fourth-order valence-corrected chi connectivity index (χ4v) is 3.57. The zero-order valence-corrected chi connectivity index (χ0v) is 16.0. The van der Waals surface area contributed by atoms with E-state index in [9.17, 15) is 9.59 Å². The zero-order chi connectivity index (χ0) is 18.3. The van der Waals surface area contributed by atoms with Crippen molar-refractivity contribution < 1.29 is 19.2 Å². The molecule has 1 aromatic heterocycles. The predicted molar refractivity (Wildman–Crippen MR) is 104 cm³/mol. The number of hydroxylamine groups is 2. The van der Waals surface area contributed by atoms with Gasteiger partial charge >= 0.3 is 12.0 Å². The van der Waals surface area contributed by atoms with Gasteiger partial charge < -0.3 is 4.74 Å². The number of fused-ring (bicyclic) bond motifs is 3. The highest BCUT2D eigenvalue weighted by Gasteiger charge is 2.40. The van der Waals surface area contributed by atoms with Crippen molar-refractivity contribution in [3.05, 3.63) is 63.9 Å². The smallest absolute Gasteiger partial charge is 0.353 e. The average Bonchev–Trinajstić information content (AvgIpc) is 3.13. The molecular formula is C19H15IN2O4. The molecule has 2 aromatic carbocycles. The molecule has 0 bridgehead atoms. The molecule has 0 saturated carbocycles. The third-order valence-corrected chi connectivity index (χ3v) is 5.06. The van der Waals surface area contributed by atoms with Crippen LogP contribution in [-0.4, -0.2) is 28.7 Å². The van der Waals surface area contributed by atoms with Crippen LogP contribution in [0.3, 0.4) is 0 Å². The summed E-state index contributed by atoms with van der Waals surface area (Å²) in [5, 5.41) is 2.17. The molecule has 0 fully saturated rings. The SMILES string of the molecule is CON1C(=O)n2c(cc3ccccc32)C1CC(=O)Oc1ccc(I)cc1. The number of aromatic nitrogens is 1. The summed E-state index contributed by atoms with van der Waals surface area (Å²) in [7, 11) is 1.42. The summed E-state index contributed by atoms with van der Waals surface area (Å²) < 4.78 is 8.04.